The fraction of sp³-hybridized carbons (Fsp3) is 0.167. The number of rotatable bonds is 19. The van der Waals surface area contributed by atoms with E-state index in [1.54, 1.807) is 47.0 Å². The topological polar surface area (TPSA) is 125 Å². The summed E-state index contributed by atoms with van der Waals surface area (Å²) in [5.74, 6) is 0. The Hall–Kier alpha value is -7.32. The van der Waals surface area contributed by atoms with E-state index < -0.39 is 26.1 Å². The number of nitrogens with one attached hydrogen (secondary N) is 2. The molecule has 10 rings (SSSR count). The van der Waals surface area contributed by atoms with Crippen molar-refractivity contribution in [2.75, 3.05) is 4.31 Å². The number of fused-ring (bicyclic) bond motifs is 2. The number of hydrogen-bond donors (Lipinski definition) is 2. The summed E-state index contributed by atoms with van der Waals surface area (Å²) in [6.07, 6.45) is 5.87. The van der Waals surface area contributed by atoms with Crippen molar-refractivity contribution in [3.63, 3.8) is 0 Å². The van der Waals surface area contributed by atoms with Crippen LogP contribution < -0.4 is 14.9 Å². The molecule has 7 aromatic carbocycles. The molecule has 362 valence electrons. The van der Waals surface area contributed by atoms with E-state index in [2.05, 4.69) is 70.2 Å². The second-order valence-electron chi connectivity index (χ2n) is 18.2. The van der Waals surface area contributed by atoms with Crippen LogP contribution in [0, 0.1) is 0 Å². The second-order valence-corrected chi connectivity index (χ2v) is 22.0. The fourth-order valence-electron chi connectivity index (χ4n) is 9.60. The van der Waals surface area contributed by atoms with Gasteiger partial charge >= 0.3 is 0 Å². The van der Waals surface area contributed by atoms with Gasteiger partial charge in [-0.25, -0.2) is 16.8 Å². The van der Waals surface area contributed by atoms with Crippen molar-refractivity contribution in [2.24, 2.45) is 0 Å². The number of hydrogen-bond acceptors (Lipinski definition) is 8. The summed E-state index contributed by atoms with van der Waals surface area (Å²) >= 11 is 0. The van der Waals surface area contributed by atoms with Crippen molar-refractivity contribution in [3.05, 3.63) is 257 Å². The first-order valence-electron chi connectivity index (χ1n) is 24.4. The predicted octanol–water partition coefficient (Wildman–Crippen LogP) is 11.5. The Balaban J connectivity index is 0.832. The van der Waals surface area contributed by atoms with E-state index in [1.165, 1.54) is 4.31 Å². The standard InChI is InChI=1S/C60H56N6O4S2/c67-71(68,65(43-47-16-5-2-6-17-47)57-28-10-21-52-24-12-34-63-59(52)57)55-26-8-19-49(37-55)42-62-40-46-30-32-51(33-31-46)54-23-7-20-50(36-54)44-66(58-29-11-22-53-25-13-35-64-60(53)58)72(69,70)56-27-9-18-48(38-56)41-61-39-45-14-3-1-4-15-45/h1-10,12-21,23-28,30-38,58,61-62H,11,22,29,39-44H2. The van der Waals surface area contributed by atoms with Crippen LogP contribution in [0.25, 0.3) is 22.0 Å². The Morgan fingerprint density at radius 2 is 1.04 bits per heavy atom. The Labute approximate surface area is 423 Å². The van der Waals surface area contributed by atoms with Gasteiger partial charge in [-0.15, -0.1) is 0 Å². The molecule has 2 aromatic heterocycles. The molecule has 12 heteroatoms. The van der Waals surface area contributed by atoms with E-state index >= 15 is 0 Å². The number of benzene rings is 7. The molecule has 72 heavy (non-hydrogen) atoms. The fourth-order valence-corrected chi connectivity index (χ4v) is 12.8. The van der Waals surface area contributed by atoms with Crippen molar-refractivity contribution in [1.29, 1.82) is 0 Å². The monoisotopic (exact) mass is 988 g/mol. The maximum Gasteiger partial charge on any atom is 0.264 e. The lowest BCUT2D eigenvalue weighted by Gasteiger charge is -2.34. The Morgan fingerprint density at radius 3 is 1.76 bits per heavy atom. The van der Waals surface area contributed by atoms with E-state index in [-0.39, 0.29) is 22.9 Å². The lowest BCUT2D eigenvalue weighted by atomic mass is 9.91. The van der Waals surface area contributed by atoms with Crippen LogP contribution in [0.2, 0.25) is 0 Å². The molecule has 0 spiro atoms. The molecule has 2 N–H and O–H groups in total. The van der Waals surface area contributed by atoms with Crippen LogP contribution in [-0.2, 0) is 65.7 Å². The van der Waals surface area contributed by atoms with E-state index in [9.17, 15) is 16.8 Å². The smallest absolute Gasteiger partial charge is 0.264 e. The van der Waals surface area contributed by atoms with Crippen molar-refractivity contribution in [2.45, 2.75) is 74.4 Å². The van der Waals surface area contributed by atoms with Gasteiger partial charge in [-0.05, 0) is 118 Å². The SMILES string of the molecule is O=S(=O)(c1cccc(CNCc2ccc(-c3cccc(CN(C4CCCc5cccnc54)S(=O)(=O)c4cccc(CNCc5ccccc5)c4)c3)cc2)c1)N(Cc1ccccc1)c1cccc2cccnc12. The quantitative estimate of drug-likeness (QED) is 0.0821. The highest BCUT2D eigenvalue weighted by Gasteiger charge is 2.36. The molecule has 10 nitrogen and oxygen atoms in total. The molecule has 0 radical (unpaired) electrons. The minimum absolute atomic E-state index is 0.152. The third-order valence-corrected chi connectivity index (χ3v) is 16.9. The molecule has 1 atom stereocenters. The Bertz CT molecular complexity index is 3520. The first kappa shape index (κ1) is 48.3. The third kappa shape index (κ3) is 11.1. The second kappa shape index (κ2) is 22.0. The van der Waals surface area contributed by atoms with Gasteiger partial charge in [0.1, 0.15) is 0 Å². The molecule has 1 aliphatic rings. The van der Waals surface area contributed by atoms with Gasteiger partial charge in [-0.2, -0.15) is 4.31 Å². The largest absolute Gasteiger partial charge is 0.309 e. The molecule has 1 aliphatic carbocycles. The molecule has 0 saturated heterocycles. The van der Waals surface area contributed by atoms with Crippen LogP contribution >= 0.6 is 0 Å². The molecule has 0 saturated carbocycles. The van der Waals surface area contributed by atoms with E-state index in [0.717, 1.165) is 74.0 Å². The molecule has 0 bridgehead atoms. The molecule has 0 fully saturated rings. The zero-order chi connectivity index (χ0) is 49.3. The molecular weight excluding hydrogens is 933 g/mol. The highest BCUT2D eigenvalue weighted by Crippen LogP contribution is 2.38. The molecule has 9 aromatic rings. The number of sulfonamides is 2. The summed E-state index contributed by atoms with van der Waals surface area (Å²) < 4.78 is 62.2. The van der Waals surface area contributed by atoms with Crippen LogP contribution in [-0.4, -0.2) is 31.1 Å². The zero-order valence-corrected chi connectivity index (χ0v) is 41.5. The number of nitrogens with zero attached hydrogens (tertiary/aromatic N) is 4. The van der Waals surface area contributed by atoms with Crippen molar-refractivity contribution in [1.82, 2.24) is 24.9 Å². The summed E-state index contributed by atoms with van der Waals surface area (Å²) in [5.41, 5.74) is 10.8. The molecule has 1 unspecified atom stereocenters. The number of aromatic nitrogens is 2. The lowest BCUT2D eigenvalue weighted by Crippen LogP contribution is -2.37. The van der Waals surface area contributed by atoms with Gasteiger partial charge in [0.25, 0.3) is 10.0 Å². The first-order chi connectivity index (χ1) is 35.2. The highest BCUT2D eigenvalue weighted by atomic mass is 32.2. The number of anilines is 1. The summed E-state index contributed by atoms with van der Waals surface area (Å²) in [4.78, 5) is 9.83. The molecular formula is C60H56N6O4S2. The summed E-state index contributed by atoms with van der Waals surface area (Å²) in [6, 6.07) is 63.6. The lowest BCUT2D eigenvalue weighted by molar-refractivity contribution is 0.281. The molecule has 0 aliphatic heterocycles. The van der Waals surface area contributed by atoms with Gasteiger partial charge in [0, 0.05) is 50.5 Å². The Kier molecular flexibility index (Phi) is 14.8. The van der Waals surface area contributed by atoms with E-state index in [4.69, 9.17) is 4.98 Å². The Morgan fingerprint density at radius 1 is 0.472 bits per heavy atom. The van der Waals surface area contributed by atoms with Crippen LogP contribution in [0.1, 0.15) is 63.5 Å². The summed E-state index contributed by atoms with van der Waals surface area (Å²) in [5, 5.41) is 7.83. The maximum atomic E-state index is 14.9. The van der Waals surface area contributed by atoms with Gasteiger partial charge < -0.3 is 10.6 Å². The van der Waals surface area contributed by atoms with Gasteiger partial charge in [0.2, 0.25) is 10.0 Å². The van der Waals surface area contributed by atoms with Crippen molar-refractivity contribution < 1.29 is 16.8 Å². The minimum atomic E-state index is -4.01. The molecule has 0 amide bonds. The first-order valence-corrected chi connectivity index (χ1v) is 27.2. The number of para-hydroxylation sites is 1. The van der Waals surface area contributed by atoms with Gasteiger partial charge in [0.05, 0.1) is 39.3 Å². The summed E-state index contributed by atoms with van der Waals surface area (Å²) in [7, 11) is -7.98. The average Bonchev–Trinajstić information content (AvgIpc) is 3.42. The van der Waals surface area contributed by atoms with Crippen LogP contribution in [0.4, 0.5) is 5.69 Å². The summed E-state index contributed by atoms with van der Waals surface area (Å²) in [6.45, 7) is 2.56. The van der Waals surface area contributed by atoms with Gasteiger partial charge in [-0.1, -0.05) is 152 Å². The van der Waals surface area contributed by atoms with E-state index in [0.29, 0.717) is 43.8 Å². The zero-order valence-electron chi connectivity index (χ0n) is 39.9. The number of pyridine rings is 2. The van der Waals surface area contributed by atoms with Gasteiger partial charge in [0.15, 0.2) is 0 Å². The third-order valence-electron chi connectivity index (χ3n) is 13.3. The maximum absolute atomic E-state index is 14.9. The highest BCUT2D eigenvalue weighted by molar-refractivity contribution is 7.92. The van der Waals surface area contributed by atoms with Gasteiger partial charge in [-0.3, -0.25) is 14.3 Å². The van der Waals surface area contributed by atoms with Crippen LogP contribution in [0.15, 0.2) is 222 Å². The molecule has 2 heterocycles. The average molecular weight is 989 g/mol. The van der Waals surface area contributed by atoms with E-state index in [1.807, 2.05) is 115 Å². The predicted molar refractivity (Wildman–Crippen MR) is 286 cm³/mol. The van der Waals surface area contributed by atoms with Crippen molar-refractivity contribution >= 4 is 36.6 Å². The normalized spacial score (nSPS) is 13.8. The number of aryl methyl sites for hydroxylation is 1. The minimum Gasteiger partial charge on any atom is -0.309 e. The van der Waals surface area contributed by atoms with Crippen LogP contribution in [0.5, 0.6) is 0 Å². The van der Waals surface area contributed by atoms with Crippen molar-refractivity contribution in [3.8, 4) is 11.1 Å². The van der Waals surface area contributed by atoms with Crippen LogP contribution in [0.3, 0.4) is 0 Å².